The second-order valence-electron chi connectivity index (χ2n) is 4.55. The average molecular weight is 371 g/mol. The molecule has 0 bridgehead atoms. The number of sulfonamides is 1. The summed E-state index contributed by atoms with van der Waals surface area (Å²) in [6.07, 6.45) is 1.07. The molecule has 7 nitrogen and oxygen atoms in total. The quantitative estimate of drug-likeness (QED) is 0.784. The first-order valence-corrected chi connectivity index (χ1v) is 8.73. The molecule has 0 fully saturated rings. The molecule has 1 amide bonds. The molecule has 9 heteroatoms. The molecule has 1 aromatic heterocycles. The van der Waals surface area contributed by atoms with E-state index in [2.05, 4.69) is 4.98 Å². The zero-order valence-electron chi connectivity index (χ0n) is 12.9. The summed E-state index contributed by atoms with van der Waals surface area (Å²) in [6, 6.07) is 6.95. The number of amides is 1. The minimum atomic E-state index is -4.06. The Morgan fingerprint density at radius 3 is 2.58 bits per heavy atom. The lowest BCUT2D eigenvalue weighted by Crippen LogP contribution is -2.30. The van der Waals surface area contributed by atoms with Gasteiger partial charge in [-0.05, 0) is 37.3 Å². The summed E-state index contributed by atoms with van der Waals surface area (Å²) < 4.78 is 36.8. The number of nitrogens with zero attached hydrogens (tertiary/aromatic N) is 1. The zero-order valence-corrected chi connectivity index (χ0v) is 14.5. The fraction of sp³-hybridized carbons (Fsp3) is 0.200. The van der Waals surface area contributed by atoms with Gasteiger partial charge in [-0.25, -0.2) is 18.1 Å². The summed E-state index contributed by atoms with van der Waals surface area (Å²) in [7, 11) is -2.63. The second kappa shape index (κ2) is 7.50. The monoisotopic (exact) mass is 370 g/mol. The van der Waals surface area contributed by atoms with E-state index in [9.17, 15) is 13.2 Å². The van der Waals surface area contributed by atoms with E-state index < -0.39 is 15.9 Å². The van der Waals surface area contributed by atoms with Crippen LogP contribution in [0.5, 0.6) is 11.5 Å². The Labute approximate surface area is 144 Å². The molecule has 1 heterocycles. The van der Waals surface area contributed by atoms with Crippen molar-refractivity contribution in [2.75, 3.05) is 13.7 Å². The molecule has 1 N–H and O–H groups in total. The number of nitrogens with one attached hydrogen (secondary N) is 1. The number of pyridine rings is 1. The Kier molecular flexibility index (Phi) is 5.63. The molecule has 128 valence electrons. The number of carbonyl (C=O) groups is 1. The van der Waals surface area contributed by atoms with Gasteiger partial charge in [0.1, 0.15) is 10.0 Å². The fourth-order valence-electron chi connectivity index (χ4n) is 1.84. The Bertz CT molecular complexity index is 837. The Morgan fingerprint density at radius 2 is 2.00 bits per heavy atom. The summed E-state index contributed by atoms with van der Waals surface area (Å²) in [6.45, 7) is 2.24. The lowest BCUT2D eigenvalue weighted by Gasteiger charge is -2.11. The highest BCUT2D eigenvalue weighted by atomic mass is 35.5. The largest absolute Gasteiger partial charge is 0.493 e. The minimum absolute atomic E-state index is 0.112. The number of carbonyl (C=O) groups excluding carboxylic acids is 1. The molecule has 0 aliphatic heterocycles. The van der Waals surface area contributed by atoms with E-state index in [1.165, 1.54) is 37.4 Å². The number of halogens is 1. The van der Waals surface area contributed by atoms with E-state index >= 15 is 0 Å². The van der Waals surface area contributed by atoms with Gasteiger partial charge in [0.15, 0.2) is 11.5 Å². The normalized spacial score (nSPS) is 11.0. The lowest BCUT2D eigenvalue weighted by atomic mass is 10.2. The maximum Gasteiger partial charge on any atom is 0.265 e. The van der Waals surface area contributed by atoms with E-state index in [4.69, 9.17) is 21.1 Å². The first-order chi connectivity index (χ1) is 11.4. The van der Waals surface area contributed by atoms with E-state index in [1.807, 2.05) is 11.6 Å². The van der Waals surface area contributed by atoms with Crippen molar-refractivity contribution in [2.45, 2.75) is 11.8 Å². The van der Waals surface area contributed by atoms with Gasteiger partial charge in [-0.15, -0.1) is 0 Å². The van der Waals surface area contributed by atoms with Crippen LogP contribution in [0.25, 0.3) is 0 Å². The van der Waals surface area contributed by atoms with Gasteiger partial charge in [0.05, 0.1) is 13.7 Å². The van der Waals surface area contributed by atoms with Crippen LogP contribution in [0.1, 0.15) is 17.3 Å². The Balaban J connectivity index is 2.24. The molecule has 0 saturated heterocycles. The molecule has 24 heavy (non-hydrogen) atoms. The van der Waals surface area contributed by atoms with Crippen LogP contribution in [0, 0.1) is 0 Å². The molecule has 2 rings (SSSR count). The van der Waals surface area contributed by atoms with Gasteiger partial charge >= 0.3 is 0 Å². The SMILES string of the molecule is CCOc1ccc(C(=O)NS(=O)(=O)c2ccc(Cl)nc2)cc1OC. The average Bonchev–Trinajstić information content (AvgIpc) is 2.55. The standard InChI is InChI=1S/C15H15ClN2O5S/c1-3-23-12-6-4-10(8-13(12)22-2)15(19)18-24(20,21)11-5-7-14(16)17-9-11/h4-9H,3H2,1-2H3,(H,18,19). The predicted octanol–water partition coefficient (Wildman–Crippen LogP) is 2.26. The van der Waals surface area contributed by atoms with Crippen LogP contribution in [0.2, 0.25) is 5.15 Å². The summed E-state index contributed by atoms with van der Waals surface area (Å²) >= 11 is 5.62. The van der Waals surface area contributed by atoms with Crippen molar-refractivity contribution in [3.63, 3.8) is 0 Å². The fourth-order valence-corrected chi connectivity index (χ4v) is 2.87. The van der Waals surface area contributed by atoms with E-state index in [0.29, 0.717) is 18.1 Å². The molecule has 0 atom stereocenters. The number of rotatable bonds is 6. The molecule has 1 aromatic carbocycles. The van der Waals surface area contributed by atoms with Crippen molar-refractivity contribution in [2.24, 2.45) is 0 Å². The van der Waals surface area contributed by atoms with Crippen LogP contribution >= 0.6 is 11.6 Å². The smallest absolute Gasteiger partial charge is 0.265 e. The maximum absolute atomic E-state index is 12.2. The molecule has 0 radical (unpaired) electrons. The predicted molar refractivity (Wildman–Crippen MR) is 88.1 cm³/mol. The molecule has 0 spiro atoms. The molecule has 0 aliphatic rings. The number of hydrogen-bond acceptors (Lipinski definition) is 6. The summed E-state index contributed by atoms with van der Waals surface area (Å²) in [5.41, 5.74) is 0.112. The second-order valence-corrected chi connectivity index (χ2v) is 6.62. The minimum Gasteiger partial charge on any atom is -0.493 e. The van der Waals surface area contributed by atoms with Crippen molar-refractivity contribution in [3.05, 3.63) is 47.2 Å². The highest BCUT2D eigenvalue weighted by Gasteiger charge is 2.20. The third-order valence-electron chi connectivity index (χ3n) is 2.96. The lowest BCUT2D eigenvalue weighted by molar-refractivity contribution is 0.0981. The Hall–Kier alpha value is -2.32. The summed E-state index contributed by atoms with van der Waals surface area (Å²) in [4.78, 5) is 15.7. The van der Waals surface area contributed by atoms with Crippen LogP contribution in [0.4, 0.5) is 0 Å². The number of ether oxygens (including phenoxy) is 2. The number of aromatic nitrogens is 1. The third kappa shape index (κ3) is 4.15. The highest BCUT2D eigenvalue weighted by molar-refractivity contribution is 7.90. The number of benzene rings is 1. The van der Waals surface area contributed by atoms with Gasteiger partial charge in [-0.2, -0.15) is 0 Å². The first kappa shape index (κ1) is 18.0. The van der Waals surface area contributed by atoms with Gasteiger partial charge in [0, 0.05) is 11.8 Å². The Morgan fingerprint density at radius 1 is 1.25 bits per heavy atom. The van der Waals surface area contributed by atoms with Crippen molar-refractivity contribution < 1.29 is 22.7 Å². The highest BCUT2D eigenvalue weighted by Crippen LogP contribution is 2.28. The molecular formula is C15H15ClN2O5S. The molecule has 0 saturated carbocycles. The van der Waals surface area contributed by atoms with Crippen molar-refractivity contribution in [1.29, 1.82) is 0 Å². The molecular weight excluding hydrogens is 356 g/mol. The van der Waals surface area contributed by atoms with Crippen LogP contribution in [-0.2, 0) is 10.0 Å². The zero-order chi connectivity index (χ0) is 17.7. The van der Waals surface area contributed by atoms with Gasteiger partial charge in [-0.3, -0.25) is 4.79 Å². The van der Waals surface area contributed by atoms with Crippen molar-refractivity contribution in [3.8, 4) is 11.5 Å². The topological polar surface area (TPSA) is 94.6 Å². The van der Waals surface area contributed by atoms with Gasteiger partial charge in [0.25, 0.3) is 15.9 Å². The van der Waals surface area contributed by atoms with Crippen LogP contribution in [-0.4, -0.2) is 33.0 Å². The van der Waals surface area contributed by atoms with Crippen molar-refractivity contribution >= 4 is 27.5 Å². The van der Waals surface area contributed by atoms with Gasteiger partial charge in [0.2, 0.25) is 0 Å². The first-order valence-electron chi connectivity index (χ1n) is 6.87. The molecule has 2 aromatic rings. The van der Waals surface area contributed by atoms with Crippen LogP contribution in [0.15, 0.2) is 41.4 Å². The van der Waals surface area contributed by atoms with Crippen molar-refractivity contribution in [1.82, 2.24) is 9.71 Å². The number of hydrogen-bond donors (Lipinski definition) is 1. The molecule has 0 aliphatic carbocycles. The molecule has 0 unspecified atom stereocenters. The van der Waals surface area contributed by atoms with Crippen LogP contribution < -0.4 is 14.2 Å². The summed E-state index contributed by atoms with van der Waals surface area (Å²) in [5.74, 6) is -0.0114. The maximum atomic E-state index is 12.2. The van der Waals surface area contributed by atoms with Gasteiger partial charge < -0.3 is 9.47 Å². The number of methoxy groups -OCH3 is 1. The third-order valence-corrected chi connectivity index (χ3v) is 4.50. The van der Waals surface area contributed by atoms with Crippen LogP contribution in [0.3, 0.4) is 0 Å². The van der Waals surface area contributed by atoms with E-state index in [1.54, 1.807) is 0 Å². The van der Waals surface area contributed by atoms with E-state index in [-0.39, 0.29) is 15.6 Å². The van der Waals surface area contributed by atoms with Gasteiger partial charge in [-0.1, -0.05) is 11.6 Å². The summed E-state index contributed by atoms with van der Waals surface area (Å²) in [5, 5.41) is 0.150. The van der Waals surface area contributed by atoms with E-state index in [0.717, 1.165) is 6.20 Å².